The fraction of sp³-hybridized carbons (Fsp3) is 0.722. The van der Waals surface area contributed by atoms with Crippen LogP contribution in [0, 0.1) is 0 Å². The summed E-state index contributed by atoms with van der Waals surface area (Å²) in [4.78, 5) is 18.8. The van der Waals surface area contributed by atoms with Crippen LogP contribution in [0.4, 0.5) is 0 Å². The van der Waals surface area contributed by atoms with Crippen LogP contribution in [-0.4, -0.2) is 41.4 Å². The predicted octanol–water partition coefficient (Wildman–Crippen LogP) is 4.06. The molecule has 1 saturated carbocycles. The van der Waals surface area contributed by atoms with Crippen LogP contribution in [0.5, 0.6) is 0 Å². The molecule has 2 atom stereocenters. The number of likely N-dealkylation sites (N-methyl/N-ethyl adjacent to an activating group) is 1. The Balaban J connectivity index is 1.66. The van der Waals surface area contributed by atoms with Crippen molar-refractivity contribution < 1.29 is 4.79 Å². The summed E-state index contributed by atoms with van der Waals surface area (Å²) in [6, 6.07) is 5.25. The molecule has 0 aromatic carbocycles. The smallest absolute Gasteiger partial charge is 0.239 e. The van der Waals surface area contributed by atoms with E-state index in [1.807, 2.05) is 23.3 Å². The molecular formula is C18H28N2OS. The van der Waals surface area contributed by atoms with E-state index in [4.69, 9.17) is 0 Å². The summed E-state index contributed by atoms with van der Waals surface area (Å²) >= 11 is 1.82. The van der Waals surface area contributed by atoms with Crippen LogP contribution in [-0.2, 0) is 4.79 Å². The minimum absolute atomic E-state index is 0.00141. The van der Waals surface area contributed by atoms with Gasteiger partial charge in [-0.2, -0.15) is 0 Å². The third kappa shape index (κ3) is 3.23. The number of hydrogen-bond acceptors (Lipinski definition) is 3. The fourth-order valence-electron chi connectivity index (χ4n) is 4.12. The quantitative estimate of drug-likeness (QED) is 0.835. The van der Waals surface area contributed by atoms with E-state index in [0.29, 0.717) is 18.0 Å². The molecule has 1 amide bonds. The van der Waals surface area contributed by atoms with E-state index in [1.54, 1.807) is 0 Å². The van der Waals surface area contributed by atoms with Crippen molar-refractivity contribution in [3.05, 3.63) is 22.4 Å². The van der Waals surface area contributed by atoms with E-state index in [1.165, 1.54) is 49.8 Å². The van der Waals surface area contributed by atoms with Crippen molar-refractivity contribution in [1.82, 2.24) is 9.80 Å². The Morgan fingerprint density at radius 3 is 2.73 bits per heavy atom. The first-order valence-corrected chi connectivity index (χ1v) is 9.62. The number of thiophene rings is 1. The third-order valence-corrected chi connectivity index (χ3v) is 6.46. The molecule has 1 aromatic heterocycles. The zero-order valence-electron chi connectivity index (χ0n) is 13.8. The van der Waals surface area contributed by atoms with Crippen molar-refractivity contribution in [3.8, 4) is 0 Å². The fourth-order valence-corrected chi connectivity index (χ4v) is 5.01. The Kier molecular flexibility index (Phi) is 5.19. The van der Waals surface area contributed by atoms with Gasteiger partial charge in [-0.1, -0.05) is 25.3 Å². The maximum Gasteiger partial charge on any atom is 0.239 e. The molecule has 22 heavy (non-hydrogen) atoms. The molecule has 1 aromatic rings. The van der Waals surface area contributed by atoms with Gasteiger partial charge in [-0.15, -0.1) is 11.3 Å². The Morgan fingerprint density at radius 2 is 2.05 bits per heavy atom. The van der Waals surface area contributed by atoms with Crippen molar-refractivity contribution in [2.75, 3.05) is 13.6 Å². The maximum absolute atomic E-state index is 12.9. The molecule has 1 aliphatic carbocycles. The zero-order valence-corrected chi connectivity index (χ0v) is 14.6. The minimum atomic E-state index is 0.00141. The summed E-state index contributed by atoms with van der Waals surface area (Å²) in [5, 5.41) is 2.15. The number of likely N-dealkylation sites (tertiary alicyclic amines) is 1. The van der Waals surface area contributed by atoms with Crippen LogP contribution in [0.1, 0.15) is 62.8 Å². The average molecular weight is 321 g/mol. The van der Waals surface area contributed by atoms with Crippen LogP contribution in [0.2, 0.25) is 0 Å². The topological polar surface area (TPSA) is 23.6 Å². The number of nitrogens with zero attached hydrogens (tertiary/aromatic N) is 2. The highest BCUT2D eigenvalue weighted by atomic mass is 32.1. The second-order valence-corrected chi connectivity index (χ2v) is 7.81. The molecule has 2 fully saturated rings. The maximum atomic E-state index is 12.9. The van der Waals surface area contributed by atoms with Gasteiger partial charge in [0.15, 0.2) is 0 Å². The molecule has 2 unspecified atom stereocenters. The monoisotopic (exact) mass is 320 g/mol. The molecular weight excluding hydrogens is 292 g/mol. The first-order valence-electron chi connectivity index (χ1n) is 8.74. The second kappa shape index (κ2) is 7.14. The van der Waals surface area contributed by atoms with Gasteiger partial charge in [0.05, 0.1) is 6.04 Å². The Morgan fingerprint density at radius 1 is 1.27 bits per heavy atom. The van der Waals surface area contributed by atoms with Crippen LogP contribution >= 0.6 is 11.3 Å². The lowest BCUT2D eigenvalue weighted by Crippen LogP contribution is -2.49. The summed E-state index contributed by atoms with van der Waals surface area (Å²) in [6.07, 6.45) is 8.64. The molecule has 3 rings (SSSR count). The van der Waals surface area contributed by atoms with Crippen molar-refractivity contribution in [3.63, 3.8) is 0 Å². The molecule has 0 bridgehead atoms. The Hall–Kier alpha value is -0.870. The minimum Gasteiger partial charge on any atom is -0.341 e. The molecule has 4 heteroatoms. The van der Waals surface area contributed by atoms with Gasteiger partial charge in [0.2, 0.25) is 5.91 Å². The first-order chi connectivity index (χ1) is 10.7. The van der Waals surface area contributed by atoms with Crippen molar-refractivity contribution in [2.45, 2.75) is 70.0 Å². The molecule has 2 aliphatic rings. The molecule has 3 nitrogen and oxygen atoms in total. The van der Waals surface area contributed by atoms with Gasteiger partial charge in [-0.3, -0.25) is 9.69 Å². The summed E-state index contributed by atoms with van der Waals surface area (Å²) < 4.78 is 0. The third-order valence-electron chi connectivity index (χ3n) is 5.49. The number of carbonyl (C=O) groups excluding carboxylic acids is 1. The van der Waals surface area contributed by atoms with Crippen molar-refractivity contribution in [1.29, 1.82) is 0 Å². The van der Waals surface area contributed by atoms with Crippen LogP contribution in [0.3, 0.4) is 0 Å². The molecule has 1 saturated heterocycles. The first kappa shape index (κ1) is 16.0. The van der Waals surface area contributed by atoms with E-state index in [2.05, 4.69) is 29.3 Å². The second-order valence-electron chi connectivity index (χ2n) is 6.83. The molecule has 2 heterocycles. The molecule has 0 N–H and O–H groups in total. The van der Waals surface area contributed by atoms with Crippen LogP contribution in [0.15, 0.2) is 17.5 Å². The van der Waals surface area contributed by atoms with Gasteiger partial charge in [0, 0.05) is 24.0 Å². The van der Waals surface area contributed by atoms with Gasteiger partial charge < -0.3 is 4.90 Å². The predicted molar refractivity (Wildman–Crippen MR) is 92.1 cm³/mol. The summed E-state index contributed by atoms with van der Waals surface area (Å²) in [6.45, 7) is 3.15. The van der Waals surface area contributed by atoms with Gasteiger partial charge in [-0.05, 0) is 50.6 Å². The van der Waals surface area contributed by atoms with Gasteiger partial charge in [-0.25, -0.2) is 0 Å². The number of carbonyl (C=O) groups is 1. The lowest BCUT2D eigenvalue weighted by atomic mass is 9.94. The van der Waals surface area contributed by atoms with Crippen LogP contribution in [0.25, 0.3) is 0 Å². The Labute approximate surface area is 138 Å². The molecule has 0 spiro atoms. The number of hydrogen-bond donors (Lipinski definition) is 0. The highest BCUT2D eigenvalue weighted by Crippen LogP contribution is 2.36. The average Bonchev–Trinajstić information content (AvgIpc) is 3.24. The number of amides is 1. The summed E-state index contributed by atoms with van der Waals surface area (Å²) in [5.74, 6) is 0.315. The lowest BCUT2D eigenvalue weighted by Gasteiger charge is -2.36. The standard InChI is InChI=1S/C18H28N2OS/c1-14(18(21)19(2)15-8-4-3-5-9-15)20-12-6-10-16(20)17-11-7-13-22-17/h7,11,13-16H,3-6,8-10,12H2,1-2H3. The van der Waals surface area contributed by atoms with Crippen LogP contribution < -0.4 is 0 Å². The highest BCUT2D eigenvalue weighted by molar-refractivity contribution is 7.10. The van der Waals surface area contributed by atoms with Gasteiger partial charge in [0.25, 0.3) is 0 Å². The van der Waals surface area contributed by atoms with E-state index in [-0.39, 0.29) is 6.04 Å². The molecule has 0 radical (unpaired) electrons. The zero-order chi connectivity index (χ0) is 15.5. The van der Waals surface area contributed by atoms with E-state index < -0.39 is 0 Å². The highest BCUT2D eigenvalue weighted by Gasteiger charge is 2.36. The molecule has 122 valence electrons. The van der Waals surface area contributed by atoms with Gasteiger partial charge >= 0.3 is 0 Å². The van der Waals surface area contributed by atoms with E-state index in [9.17, 15) is 4.79 Å². The Bertz CT molecular complexity index is 481. The largest absolute Gasteiger partial charge is 0.341 e. The summed E-state index contributed by atoms with van der Waals surface area (Å²) in [7, 11) is 2.02. The SMILES string of the molecule is CC(C(=O)N(C)C1CCCCC1)N1CCCC1c1cccs1. The lowest BCUT2D eigenvalue weighted by molar-refractivity contribution is -0.138. The van der Waals surface area contributed by atoms with Crippen molar-refractivity contribution >= 4 is 17.2 Å². The van der Waals surface area contributed by atoms with Gasteiger partial charge in [0.1, 0.15) is 0 Å². The normalized spacial score (nSPS) is 25.3. The molecule has 1 aliphatic heterocycles. The van der Waals surface area contributed by atoms with E-state index >= 15 is 0 Å². The van der Waals surface area contributed by atoms with Crippen molar-refractivity contribution in [2.24, 2.45) is 0 Å². The number of rotatable bonds is 4. The van der Waals surface area contributed by atoms with E-state index in [0.717, 1.165) is 6.54 Å². The summed E-state index contributed by atoms with van der Waals surface area (Å²) in [5.41, 5.74) is 0.